The molecule has 1 fully saturated rings. The second-order valence-corrected chi connectivity index (χ2v) is 13.2. The molecule has 50 heavy (non-hydrogen) atoms. The van der Waals surface area contributed by atoms with Gasteiger partial charge in [-0.15, -0.1) is 0 Å². The number of nitrogens with two attached hydrogens (primary N) is 1. The third-order valence-electron chi connectivity index (χ3n) is 7.93. The van der Waals surface area contributed by atoms with Crippen LogP contribution in [0.25, 0.3) is 22.1 Å². The Hall–Kier alpha value is -4.84. The summed E-state index contributed by atoms with van der Waals surface area (Å²) in [5.74, 6) is -2.67. The molecule has 0 spiro atoms. The standard InChI is InChI=1S/C31H32F2N7O9P/c1-16(28(42)46-13-17-9-10-18(32)12-20(17)33)39-50(44,49-22-8-4-7-21-19(22)6-5-11-35-21)47-14-23-25(41)31(2,43)29(48-23)40-15-36-24-26(40)37-30(34)38-27(24)45-3/h4-12,15-16,23,25,29,41,43H,13-14H2,1-3H3,(H,39,44)(H2,34,37,38). The summed E-state index contributed by atoms with van der Waals surface area (Å²) >= 11 is 0. The van der Waals surface area contributed by atoms with E-state index >= 15 is 0 Å². The van der Waals surface area contributed by atoms with Crippen LogP contribution in [0.15, 0.2) is 61.1 Å². The Morgan fingerprint density at radius 1 is 1.20 bits per heavy atom. The number of carbonyl (C=O) groups excluding carboxylic acids is 1. The average Bonchev–Trinajstić information content (AvgIpc) is 3.59. The number of nitrogens with one attached hydrogen (secondary N) is 1. The number of fused-ring (bicyclic) bond motifs is 2. The monoisotopic (exact) mass is 715 g/mol. The number of aromatic nitrogens is 5. The van der Waals surface area contributed by atoms with Gasteiger partial charge in [-0.2, -0.15) is 15.1 Å². The summed E-state index contributed by atoms with van der Waals surface area (Å²) in [7, 11) is -3.20. The lowest BCUT2D eigenvalue weighted by Crippen LogP contribution is -2.44. The van der Waals surface area contributed by atoms with Gasteiger partial charge in [-0.25, -0.2) is 18.3 Å². The number of benzene rings is 2. The molecule has 1 aliphatic heterocycles. The largest absolute Gasteiger partial charge is 0.479 e. The number of nitrogen functional groups attached to an aromatic ring is 1. The van der Waals surface area contributed by atoms with Crippen LogP contribution in [0, 0.1) is 11.6 Å². The zero-order valence-electron chi connectivity index (χ0n) is 26.8. The van der Waals surface area contributed by atoms with E-state index in [-0.39, 0.29) is 34.3 Å². The van der Waals surface area contributed by atoms with Gasteiger partial charge in [0.25, 0.3) is 0 Å². The maximum Gasteiger partial charge on any atom is 0.459 e. The molecule has 1 saturated heterocycles. The van der Waals surface area contributed by atoms with Crippen LogP contribution in [-0.2, 0) is 30.0 Å². The predicted molar refractivity (Wildman–Crippen MR) is 172 cm³/mol. The van der Waals surface area contributed by atoms with E-state index in [0.717, 1.165) is 12.1 Å². The molecule has 16 nitrogen and oxygen atoms in total. The van der Waals surface area contributed by atoms with E-state index in [2.05, 4.69) is 25.0 Å². The van der Waals surface area contributed by atoms with Gasteiger partial charge in [0.2, 0.25) is 11.8 Å². The first-order chi connectivity index (χ1) is 23.8. The van der Waals surface area contributed by atoms with E-state index < -0.39 is 68.6 Å². The second-order valence-electron chi connectivity index (χ2n) is 11.5. The fraction of sp³-hybridized carbons (Fsp3) is 0.323. The molecule has 264 valence electrons. The highest BCUT2D eigenvalue weighted by molar-refractivity contribution is 7.52. The number of halogens is 2. The molecular weight excluding hydrogens is 683 g/mol. The van der Waals surface area contributed by atoms with Gasteiger partial charge < -0.3 is 34.7 Å². The van der Waals surface area contributed by atoms with Gasteiger partial charge in [-0.05, 0) is 50.2 Å². The predicted octanol–water partition coefficient (Wildman–Crippen LogP) is 3.18. The van der Waals surface area contributed by atoms with Gasteiger partial charge in [0.05, 0.1) is 25.6 Å². The molecule has 0 amide bonds. The minimum absolute atomic E-state index is 0.0764. The molecule has 6 atom stereocenters. The third-order valence-corrected chi connectivity index (χ3v) is 9.56. The van der Waals surface area contributed by atoms with Crippen molar-refractivity contribution in [1.82, 2.24) is 29.6 Å². The molecule has 2 aromatic carbocycles. The van der Waals surface area contributed by atoms with Crippen LogP contribution >= 0.6 is 7.75 Å². The summed E-state index contributed by atoms with van der Waals surface area (Å²) in [5.41, 5.74) is 4.63. The molecule has 3 aromatic heterocycles. The van der Waals surface area contributed by atoms with Gasteiger partial charge in [0.1, 0.15) is 47.8 Å². The highest BCUT2D eigenvalue weighted by atomic mass is 31.2. The van der Waals surface area contributed by atoms with Gasteiger partial charge in [0.15, 0.2) is 17.4 Å². The maximum atomic E-state index is 14.4. The van der Waals surface area contributed by atoms with Crippen molar-refractivity contribution in [3.63, 3.8) is 0 Å². The normalized spacial score (nSPS) is 22.3. The van der Waals surface area contributed by atoms with Crippen LogP contribution in [0.1, 0.15) is 25.6 Å². The lowest BCUT2D eigenvalue weighted by Gasteiger charge is -2.27. The minimum atomic E-state index is -4.57. The number of carbonyl (C=O) groups is 1. The first kappa shape index (κ1) is 35.0. The summed E-state index contributed by atoms with van der Waals surface area (Å²) in [6.07, 6.45) is -1.37. The van der Waals surface area contributed by atoms with Gasteiger partial charge >= 0.3 is 13.7 Å². The fourth-order valence-electron chi connectivity index (χ4n) is 5.35. The number of esters is 1. The van der Waals surface area contributed by atoms with Crippen molar-refractivity contribution in [3.8, 4) is 11.6 Å². The minimum Gasteiger partial charge on any atom is -0.479 e. The molecule has 6 rings (SSSR count). The number of hydrogen-bond acceptors (Lipinski definition) is 14. The Morgan fingerprint density at radius 3 is 2.76 bits per heavy atom. The van der Waals surface area contributed by atoms with Crippen molar-refractivity contribution >= 4 is 41.7 Å². The Bertz CT molecular complexity index is 2100. The van der Waals surface area contributed by atoms with Crippen molar-refractivity contribution in [1.29, 1.82) is 0 Å². The summed E-state index contributed by atoms with van der Waals surface area (Å²) in [5, 5.41) is 25.5. The molecule has 19 heteroatoms. The zero-order valence-corrected chi connectivity index (χ0v) is 27.7. The number of hydrogen-bond donors (Lipinski definition) is 4. The van der Waals surface area contributed by atoms with E-state index in [1.54, 1.807) is 30.5 Å². The van der Waals surface area contributed by atoms with Crippen LogP contribution in [0.4, 0.5) is 14.7 Å². The quantitative estimate of drug-likeness (QED) is 0.108. The van der Waals surface area contributed by atoms with Crippen LogP contribution < -0.4 is 20.1 Å². The smallest absolute Gasteiger partial charge is 0.459 e. The molecule has 0 bridgehead atoms. The Kier molecular flexibility index (Phi) is 9.67. The molecule has 0 aliphatic carbocycles. The van der Waals surface area contributed by atoms with E-state index in [9.17, 15) is 28.4 Å². The van der Waals surface area contributed by atoms with Crippen LogP contribution in [0.3, 0.4) is 0 Å². The summed E-state index contributed by atoms with van der Waals surface area (Å²) in [4.78, 5) is 29.6. The number of anilines is 1. The first-order valence-electron chi connectivity index (χ1n) is 15.1. The summed E-state index contributed by atoms with van der Waals surface area (Å²) in [6, 6.07) is 9.56. The average molecular weight is 716 g/mol. The molecule has 6 unspecified atom stereocenters. The topological polar surface area (TPSA) is 215 Å². The lowest BCUT2D eigenvalue weighted by atomic mass is 9.96. The summed E-state index contributed by atoms with van der Waals surface area (Å²) in [6.45, 7) is 1.45. The highest BCUT2D eigenvalue weighted by Crippen LogP contribution is 2.48. The maximum absolute atomic E-state index is 14.4. The van der Waals surface area contributed by atoms with E-state index in [1.165, 1.54) is 37.9 Å². The third kappa shape index (κ3) is 6.94. The number of imidazole rings is 1. The van der Waals surface area contributed by atoms with E-state index in [4.69, 9.17) is 29.0 Å². The Labute approximate surface area is 282 Å². The van der Waals surface area contributed by atoms with Gasteiger partial charge in [-0.1, -0.05) is 6.07 Å². The molecule has 0 radical (unpaired) electrons. The molecule has 0 saturated carbocycles. The molecule has 4 heterocycles. The molecule has 5 aromatic rings. The van der Waals surface area contributed by atoms with Crippen molar-refractivity contribution in [2.45, 2.75) is 50.5 Å². The van der Waals surface area contributed by atoms with E-state index in [1.807, 2.05) is 0 Å². The zero-order chi connectivity index (χ0) is 35.8. The van der Waals surface area contributed by atoms with Crippen LogP contribution in [-0.4, -0.2) is 78.3 Å². The number of nitrogens with zero attached hydrogens (tertiary/aromatic N) is 5. The summed E-state index contributed by atoms with van der Waals surface area (Å²) < 4.78 is 71.2. The highest BCUT2D eigenvalue weighted by Gasteiger charge is 2.54. The van der Waals surface area contributed by atoms with Gasteiger partial charge in [-0.3, -0.25) is 18.9 Å². The van der Waals surface area contributed by atoms with Crippen molar-refractivity contribution in [2.75, 3.05) is 19.5 Å². The SMILES string of the molecule is COc1nc(N)nc2c1ncn2C1OC(COP(=O)(NC(C)C(=O)OCc2ccc(F)cc2F)Oc2cccc3ncccc23)C(O)C1(C)O. The molecular formula is C31H32F2N7O9P. The Balaban J connectivity index is 1.23. The van der Waals surface area contributed by atoms with Crippen molar-refractivity contribution in [3.05, 3.63) is 78.3 Å². The second kappa shape index (κ2) is 13.8. The van der Waals surface area contributed by atoms with Crippen molar-refractivity contribution < 1.29 is 51.6 Å². The van der Waals surface area contributed by atoms with Gasteiger partial charge in [0, 0.05) is 23.2 Å². The molecule has 1 aliphatic rings. The van der Waals surface area contributed by atoms with Crippen LogP contribution in [0.5, 0.6) is 11.6 Å². The lowest BCUT2D eigenvalue weighted by molar-refractivity contribution is -0.146. The fourth-order valence-corrected chi connectivity index (χ4v) is 6.87. The number of methoxy groups -OCH3 is 1. The van der Waals surface area contributed by atoms with Crippen molar-refractivity contribution in [2.24, 2.45) is 0 Å². The van der Waals surface area contributed by atoms with Crippen LogP contribution in [0.2, 0.25) is 0 Å². The number of rotatable bonds is 12. The number of ether oxygens (including phenoxy) is 3. The number of pyridine rings is 1. The Morgan fingerprint density at radius 2 is 2.00 bits per heavy atom. The van der Waals surface area contributed by atoms with E-state index in [0.29, 0.717) is 17.0 Å². The number of aliphatic hydroxyl groups is 2. The number of aliphatic hydroxyl groups excluding tert-OH is 1. The first-order valence-corrected chi connectivity index (χ1v) is 16.6. The molecule has 5 N–H and O–H groups in total.